The van der Waals surface area contributed by atoms with Crippen LogP contribution in [0.2, 0.25) is 5.02 Å². The second-order valence-corrected chi connectivity index (χ2v) is 7.99. The molecule has 0 saturated carbocycles. The molecule has 1 aromatic heterocycles. The van der Waals surface area contributed by atoms with Crippen molar-refractivity contribution in [2.75, 3.05) is 16.4 Å². The van der Waals surface area contributed by atoms with E-state index in [1.807, 2.05) is 67.8 Å². The van der Waals surface area contributed by atoms with Gasteiger partial charge in [-0.2, -0.15) is 0 Å². The first-order valence-electron chi connectivity index (χ1n) is 9.38. The summed E-state index contributed by atoms with van der Waals surface area (Å²) in [6.45, 7) is 7.28. The molecule has 0 aliphatic carbocycles. The van der Waals surface area contributed by atoms with Crippen molar-refractivity contribution in [1.29, 1.82) is 0 Å². The number of anilines is 2. The Hall–Kier alpha value is -2.51. The third-order valence-corrected chi connectivity index (χ3v) is 5.70. The zero-order chi connectivity index (χ0) is 20.8. The summed E-state index contributed by atoms with van der Waals surface area (Å²) in [5, 5.41) is 16.3. The highest BCUT2D eigenvalue weighted by molar-refractivity contribution is 7.99. The molecule has 8 heteroatoms. The maximum atomic E-state index is 12.4. The van der Waals surface area contributed by atoms with Gasteiger partial charge in [-0.25, -0.2) is 0 Å². The molecule has 0 saturated heterocycles. The van der Waals surface area contributed by atoms with Crippen LogP contribution in [0.3, 0.4) is 0 Å². The number of benzene rings is 2. The molecule has 6 nitrogen and oxygen atoms in total. The largest absolute Gasteiger partial charge is 0.378 e. The predicted octanol–water partition coefficient (Wildman–Crippen LogP) is 4.91. The summed E-state index contributed by atoms with van der Waals surface area (Å²) < 4.78 is 2.01. The summed E-state index contributed by atoms with van der Waals surface area (Å²) in [7, 11) is 0. The summed E-state index contributed by atoms with van der Waals surface area (Å²) in [6.07, 6.45) is 0. The van der Waals surface area contributed by atoms with Gasteiger partial charge in [0.15, 0.2) is 11.0 Å². The van der Waals surface area contributed by atoms with Crippen molar-refractivity contribution < 1.29 is 4.79 Å². The number of rotatable bonds is 8. The lowest BCUT2D eigenvalue weighted by Crippen LogP contribution is -2.16. The molecular weight excluding hydrogens is 406 g/mol. The first-order valence-corrected chi connectivity index (χ1v) is 10.7. The van der Waals surface area contributed by atoms with Crippen LogP contribution in [0.25, 0.3) is 0 Å². The highest BCUT2D eigenvalue weighted by atomic mass is 35.5. The molecule has 0 bridgehead atoms. The first kappa shape index (κ1) is 21.2. The molecule has 2 N–H and O–H groups in total. The molecule has 0 aliphatic heterocycles. The van der Waals surface area contributed by atoms with E-state index < -0.39 is 0 Å². The van der Waals surface area contributed by atoms with Gasteiger partial charge in [0.2, 0.25) is 5.91 Å². The Kier molecular flexibility index (Phi) is 7.17. The summed E-state index contributed by atoms with van der Waals surface area (Å²) in [4.78, 5) is 12.4. The first-order chi connectivity index (χ1) is 14.0. The summed E-state index contributed by atoms with van der Waals surface area (Å²) in [5.74, 6) is 1.04. The van der Waals surface area contributed by atoms with Crippen LogP contribution in [0.15, 0.2) is 47.6 Å². The standard InChI is InChI=1S/C21H24ClN5OS/c1-4-27-18(12-23-17-10-8-16(22)9-11-17)25-26-21(27)29-13-19(28)24-20-14(2)6-5-7-15(20)3/h5-11,23H,4,12-13H2,1-3H3,(H,24,28). The molecule has 0 spiro atoms. The Morgan fingerprint density at radius 1 is 1.10 bits per heavy atom. The van der Waals surface area contributed by atoms with Gasteiger partial charge < -0.3 is 15.2 Å². The molecular formula is C21H24ClN5OS. The van der Waals surface area contributed by atoms with Crippen LogP contribution in [0.4, 0.5) is 11.4 Å². The van der Waals surface area contributed by atoms with Crippen molar-refractivity contribution in [1.82, 2.24) is 14.8 Å². The SMILES string of the molecule is CCn1c(CNc2ccc(Cl)cc2)nnc1SCC(=O)Nc1c(C)cccc1C. The average Bonchev–Trinajstić information content (AvgIpc) is 3.10. The smallest absolute Gasteiger partial charge is 0.234 e. The Morgan fingerprint density at radius 3 is 2.45 bits per heavy atom. The number of thioether (sulfide) groups is 1. The number of hydrogen-bond donors (Lipinski definition) is 2. The lowest BCUT2D eigenvalue weighted by Gasteiger charge is -2.12. The minimum absolute atomic E-state index is 0.0566. The van der Waals surface area contributed by atoms with Crippen LogP contribution in [-0.2, 0) is 17.9 Å². The number of hydrogen-bond acceptors (Lipinski definition) is 5. The molecule has 2 aromatic carbocycles. The second-order valence-electron chi connectivity index (χ2n) is 6.61. The van der Waals surface area contributed by atoms with Gasteiger partial charge in [-0.1, -0.05) is 41.6 Å². The van der Waals surface area contributed by atoms with E-state index in [0.717, 1.165) is 40.0 Å². The molecule has 29 heavy (non-hydrogen) atoms. The minimum Gasteiger partial charge on any atom is -0.378 e. The number of para-hydroxylation sites is 1. The molecule has 3 aromatic rings. The van der Waals surface area contributed by atoms with Gasteiger partial charge in [0, 0.05) is 22.9 Å². The Bertz CT molecular complexity index is 967. The monoisotopic (exact) mass is 429 g/mol. The molecule has 3 rings (SSSR count). The highest BCUT2D eigenvalue weighted by Gasteiger charge is 2.14. The van der Waals surface area contributed by atoms with Crippen LogP contribution >= 0.6 is 23.4 Å². The molecule has 0 radical (unpaired) electrons. The van der Waals surface area contributed by atoms with Gasteiger partial charge in [-0.3, -0.25) is 4.79 Å². The molecule has 0 aliphatic rings. The third kappa shape index (κ3) is 5.52. The maximum absolute atomic E-state index is 12.4. The van der Waals surface area contributed by atoms with E-state index in [1.54, 1.807) is 0 Å². The fourth-order valence-corrected chi connectivity index (χ4v) is 3.89. The minimum atomic E-state index is -0.0566. The van der Waals surface area contributed by atoms with E-state index in [4.69, 9.17) is 11.6 Å². The van der Waals surface area contributed by atoms with E-state index in [9.17, 15) is 4.79 Å². The van der Waals surface area contributed by atoms with Crippen LogP contribution in [0.5, 0.6) is 0 Å². The van der Waals surface area contributed by atoms with Crippen molar-refractivity contribution in [3.63, 3.8) is 0 Å². The zero-order valence-corrected chi connectivity index (χ0v) is 18.3. The van der Waals surface area contributed by atoms with Crippen LogP contribution in [0, 0.1) is 13.8 Å². The fourth-order valence-electron chi connectivity index (χ4n) is 2.94. The van der Waals surface area contributed by atoms with E-state index in [1.165, 1.54) is 11.8 Å². The molecule has 1 heterocycles. The van der Waals surface area contributed by atoms with Gasteiger partial charge in [-0.15, -0.1) is 10.2 Å². The van der Waals surface area contributed by atoms with Crippen molar-refractivity contribution in [3.05, 3.63) is 64.4 Å². The third-order valence-electron chi connectivity index (χ3n) is 4.48. The molecule has 1 amide bonds. The zero-order valence-electron chi connectivity index (χ0n) is 16.7. The van der Waals surface area contributed by atoms with Gasteiger partial charge in [0.1, 0.15) is 0 Å². The fraction of sp³-hybridized carbons (Fsp3) is 0.286. The van der Waals surface area contributed by atoms with Crippen molar-refractivity contribution in [3.8, 4) is 0 Å². The molecule has 0 fully saturated rings. The number of carbonyl (C=O) groups excluding carboxylic acids is 1. The van der Waals surface area contributed by atoms with Crippen molar-refractivity contribution >= 4 is 40.6 Å². The normalized spacial score (nSPS) is 10.8. The molecule has 0 unspecified atom stereocenters. The van der Waals surface area contributed by atoms with E-state index in [0.29, 0.717) is 11.6 Å². The predicted molar refractivity (Wildman–Crippen MR) is 120 cm³/mol. The number of nitrogens with one attached hydrogen (secondary N) is 2. The summed E-state index contributed by atoms with van der Waals surface area (Å²) in [6, 6.07) is 13.5. The van der Waals surface area contributed by atoms with Crippen LogP contribution in [0.1, 0.15) is 23.9 Å². The number of nitrogens with zero attached hydrogens (tertiary/aromatic N) is 3. The Morgan fingerprint density at radius 2 is 1.79 bits per heavy atom. The lowest BCUT2D eigenvalue weighted by molar-refractivity contribution is -0.113. The van der Waals surface area contributed by atoms with E-state index >= 15 is 0 Å². The number of carbonyl (C=O) groups is 1. The van der Waals surface area contributed by atoms with Gasteiger partial charge >= 0.3 is 0 Å². The quantitative estimate of drug-likeness (QED) is 0.498. The van der Waals surface area contributed by atoms with Gasteiger partial charge in [0.05, 0.1) is 12.3 Å². The Labute approximate surface area is 180 Å². The van der Waals surface area contributed by atoms with Gasteiger partial charge in [0.25, 0.3) is 0 Å². The number of aryl methyl sites for hydroxylation is 2. The number of amides is 1. The molecule has 152 valence electrons. The van der Waals surface area contributed by atoms with Gasteiger partial charge in [-0.05, 0) is 56.2 Å². The van der Waals surface area contributed by atoms with E-state index in [-0.39, 0.29) is 11.7 Å². The van der Waals surface area contributed by atoms with Crippen molar-refractivity contribution in [2.24, 2.45) is 0 Å². The lowest BCUT2D eigenvalue weighted by atomic mass is 10.1. The summed E-state index contributed by atoms with van der Waals surface area (Å²) in [5.41, 5.74) is 3.94. The average molecular weight is 430 g/mol. The second kappa shape index (κ2) is 9.80. The topological polar surface area (TPSA) is 71.8 Å². The van der Waals surface area contributed by atoms with E-state index in [2.05, 4.69) is 20.8 Å². The highest BCUT2D eigenvalue weighted by Crippen LogP contribution is 2.22. The Balaban J connectivity index is 1.59. The van der Waals surface area contributed by atoms with Crippen LogP contribution < -0.4 is 10.6 Å². The maximum Gasteiger partial charge on any atom is 0.234 e. The number of halogens is 1. The van der Waals surface area contributed by atoms with Crippen LogP contribution in [-0.4, -0.2) is 26.4 Å². The summed E-state index contributed by atoms with van der Waals surface area (Å²) >= 11 is 7.31. The van der Waals surface area contributed by atoms with Crippen molar-refractivity contribution in [2.45, 2.75) is 39.0 Å². The number of aromatic nitrogens is 3. The molecule has 0 atom stereocenters.